The van der Waals surface area contributed by atoms with Gasteiger partial charge in [-0.2, -0.15) is 5.26 Å². The maximum absolute atomic E-state index is 11.6. The molecule has 0 saturated carbocycles. The van der Waals surface area contributed by atoms with E-state index in [4.69, 9.17) is 10.4 Å². The molecule has 6 heteroatoms. The van der Waals surface area contributed by atoms with E-state index in [1.807, 2.05) is 6.92 Å². The summed E-state index contributed by atoms with van der Waals surface area (Å²) in [5, 5.41) is 19.7. The zero-order valence-corrected chi connectivity index (χ0v) is 10.3. The summed E-state index contributed by atoms with van der Waals surface area (Å²) in [4.78, 5) is 23.4. The number of carbonyl (C=O) groups is 2. The maximum Gasteiger partial charge on any atom is 0.317 e. The number of nitrogens with zero attached hydrogens (tertiary/aromatic N) is 2. The van der Waals surface area contributed by atoms with Gasteiger partial charge in [-0.25, -0.2) is 4.79 Å². The Bertz CT molecular complexity index is 299. The van der Waals surface area contributed by atoms with Crippen molar-refractivity contribution in [3.8, 4) is 6.07 Å². The standard InChI is InChI=1S/C11H19N3O3/c1-3-14(8-9(2)7-12)11(17)13-6-4-5-10(15)16/h9H,3-6,8H2,1-2H3,(H,13,17)(H,15,16). The SMILES string of the molecule is CCN(CC(C)C#N)C(=O)NCCCC(=O)O. The molecule has 0 aliphatic rings. The topological polar surface area (TPSA) is 93.4 Å². The summed E-state index contributed by atoms with van der Waals surface area (Å²) in [6.07, 6.45) is 0.452. The van der Waals surface area contributed by atoms with Gasteiger partial charge in [0.1, 0.15) is 0 Å². The summed E-state index contributed by atoms with van der Waals surface area (Å²) in [6.45, 7) is 4.83. The second-order valence-electron chi connectivity index (χ2n) is 3.80. The summed E-state index contributed by atoms with van der Waals surface area (Å²) in [5.41, 5.74) is 0. The smallest absolute Gasteiger partial charge is 0.317 e. The van der Waals surface area contributed by atoms with Gasteiger partial charge in [0.15, 0.2) is 0 Å². The van der Waals surface area contributed by atoms with Crippen LogP contribution >= 0.6 is 0 Å². The number of carboxylic acid groups (broad SMARTS) is 1. The normalized spacial score (nSPS) is 11.4. The minimum Gasteiger partial charge on any atom is -0.481 e. The Balaban J connectivity index is 3.93. The molecular formula is C11H19N3O3. The molecular weight excluding hydrogens is 222 g/mol. The molecule has 96 valence electrons. The first-order chi connectivity index (χ1) is 8.01. The van der Waals surface area contributed by atoms with Crippen LogP contribution in [-0.4, -0.2) is 41.6 Å². The number of aliphatic carboxylic acids is 1. The van der Waals surface area contributed by atoms with Crippen molar-refractivity contribution in [2.24, 2.45) is 5.92 Å². The number of carbonyl (C=O) groups excluding carboxylic acids is 1. The van der Waals surface area contributed by atoms with Crippen LogP contribution < -0.4 is 5.32 Å². The average molecular weight is 241 g/mol. The van der Waals surface area contributed by atoms with Crippen LogP contribution in [0.15, 0.2) is 0 Å². The lowest BCUT2D eigenvalue weighted by molar-refractivity contribution is -0.137. The van der Waals surface area contributed by atoms with Crippen LogP contribution in [0.25, 0.3) is 0 Å². The first-order valence-corrected chi connectivity index (χ1v) is 5.65. The van der Waals surface area contributed by atoms with Crippen molar-refractivity contribution in [2.45, 2.75) is 26.7 Å². The van der Waals surface area contributed by atoms with Gasteiger partial charge in [-0.3, -0.25) is 4.79 Å². The van der Waals surface area contributed by atoms with Gasteiger partial charge in [-0.05, 0) is 20.3 Å². The lowest BCUT2D eigenvalue weighted by Gasteiger charge is -2.22. The predicted octanol–water partition coefficient (Wildman–Crippen LogP) is 1.04. The van der Waals surface area contributed by atoms with Gasteiger partial charge in [0.05, 0.1) is 12.0 Å². The number of carboxylic acids is 1. The highest BCUT2D eigenvalue weighted by molar-refractivity contribution is 5.74. The molecule has 1 atom stereocenters. The molecule has 2 N–H and O–H groups in total. The van der Waals surface area contributed by atoms with Crippen LogP contribution in [0.2, 0.25) is 0 Å². The molecule has 0 aromatic heterocycles. The predicted molar refractivity (Wildman–Crippen MR) is 62.3 cm³/mol. The van der Waals surface area contributed by atoms with E-state index in [0.29, 0.717) is 26.1 Å². The molecule has 0 aliphatic carbocycles. The van der Waals surface area contributed by atoms with E-state index in [1.165, 1.54) is 4.90 Å². The molecule has 17 heavy (non-hydrogen) atoms. The highest BCUT2D eigenvalue weighted by Crippen LogP contribution is 1.99. The fourth-order valence-electron chi connectivity index (χ4n) is 1.27. The zero-order chi connectivity index (χ0) is 13.3. The van der Waals surface area contributed by atoms with Gasteiger partial charge in [-0.1, -0.05) is 0 Å². The van der Waals surface area contributed by atoms with E-state index in [0.717, 1.165) is 0 Å². The fraction of sp³-hybridized carbons (Fsp3) is 0.727. The second-order valence-corrected chi connectivity index (χ2v) is 3.80. The van der Waals surface area contributed by atoms with E-state index < -0.39 is 5.97 Å². The summed E-state index contributed by atoms with van der Waals surface area (Å²) < 4.78 is 0. The monoisotopic (exact) mass is 241 g/mol. The number of urea groups is 1. The second kappa shape index (κ2) is 8.39. The molecule has 0 spiro atoms. The molecule has 1 unspecified atom stereocenters. The highest BCUT2D eigenvalue weighted by atomic mass is 16.4. The van der Waals surface area contributed by atoms with Crippen LogP contribution in [0.3, 0.4) is 0 Å². The van der Waals surface area contributed by atoms with Crippen LogP contribution in [0.5, 0.6) is 0 Å². The number of nitriles is 1. The Morgan fingerprint density at radius 3 is 2.65 bits per heavy atom. The van der Waals surface area contributed by atoms with E-state index in [2.05, 4.69) is 11.4 Å². The molecule has 0 saturated heterocycles. The number of rotatable bonds is 7. The Hall–Kier alpha value is -1.77. The maximum atomic E-state index is 11.6. The molecule has 0 aromatic rings. The van der Waals surface area contributed by atoms with Crippen molar-refractivity contribution in [3.05, 3.63) is 0 Å². The van der Waals surface area contributed by atoms with E-state index in [9.17, 15) is 9.59 Å². The van der Waals surface area contributed by atoms with Crippen LogP contribution in [0, 0.1) is 17.2 Å². The van der Waals surface area contributed by atoms with Crippen molar-refractivity contribution >= 4 is 12.0 Å². The molecule has 0 aromatic carbocycles. The number of hydrogen-bond acceptors (Lipinski definition) is 3. The molecule has 0 bridgehead atoms. The Morgan fingerprint density at radius 2 is 2.18 bits per heavy atom. The van der Waals surface area contributed by atoms with Crippen LogP contribution in [-0.2, 0) is 4.79 Å². The van der Waals surface area contributed by atoms with Gasteiger partial charge < -0.3 is 15.3 Å². The van der Waals surface area contributed by atoms with E-state index in [-0.39, 0.29) is 18.4 Å². The summed E-state index contributed by atoms with van der Waals surface area (Å²) >= 11 is 0. The van der Waals surface area contributed by atoms with Crippen molar-refractivity contribution in [1.82, 2.24) is 10.2 Å². The minimum absolute atomic E-state index is 0.0427. The van der Waals surface area contributed by atoms with Crippen molar-refractivity contribution in [1.29, 1.82) is 5.26 Å². The number of hydrogen-bond donors (Lipinski definition) is 2. The molecule has 0 rings (SSSR count). The molecule has 6 nitrogen and oxygen atoms in total. The quantitative estimate of drug-likeness (QED) is 0.651. The van der Waals surface area contributed by atoms with Crippen LogP contribution in [0.1, 0.15) is 26.7 Å². The van der Waals surface area contributed by atoms with E-state index >= 15 is 0 Å². The summed E-state index contributed by atoms with van der Waals surface area (Å²) in [7, 11) is 0. The van der Waals surface area contributed by atoms with Gasteiger partial charge in [0, 0.05) is 26.1 Å². The van der Waals surface area contributed by atoms with Gasteiger partial charge in [-0.15, -0.1) is 0 Å². The largest absolute Gasteiger partial charge is 0.481 e. The Morgan fingerprint density at radius 1 is 1.53 bits per heavy atom. The van der Waals surface area contributed by atoms with Crippen molar-refractivity contribution in [2.75, 3.05) is 19.6 Å². The van der Waals surface area contributed by atoms with Gasteiger partial charge in [0.25, 0.3) is 0 Å². The lowest BCUT2D eigenvalue weighted by Crippen LogP contribution is -2.42. The lowest BCUT2D eigenvalue weighted by atomic mass is 10.2. The number of amides is 2. The molecule has 0 heterocycles. The van der Waals surface area contributed by atoms with E-state index in [1.54, 1.807) is 6.92 Å². The highest BCUT2D eigenvalue weighted by Gasteiger charge is 2.13. The molecule has 0 aliphatic heterocycles. The zero-order valence-electron chi connectivity index (χ0n) is 10.3. The first-order valence-electron chi connectivity index (χ1n) is 5.65. The number of nitrogens with one attached hydrogen (secondary N) is 1. The van der Waals surface area contributed by atoms with Gasteiger partial charge >= 0.3 is 12.0 Å². The first kappa shape index (κ1) is 15.2. The molecule has 0 radical (unpaired) electrons. The molecule has 2 amide bonds. The average Bonchev–Trinajstić information content (AvgIpc) is 2.30. The van der Waals surface area contributed by atoms with Crippen LogP contribution in [0.4, 0.5) is 4.79 Å². The third-order valence-corrected chi connectivity index (χ3v) is 2.23. The fourth-order valence-corrected chi connectivity index (χ4v) is 1.27. The van der Waals surface area contributed by atoms with Gasteiger partial charge in [0.2, 0.25) is 0 Å². The Kier molecular flexibility index (Phi) is 7.52. The third kappa shape index (κ3) is 7.17. The summed E-state index contributed by atoms with van der Waals surface area (Å²) in [5.74, 6) is -1.08. The minimum atomic E-state index is -0.871. The molecule has 0 fully saturated rings. The summed E-state index contributed by atoms with van der Waals surface area (Å²) in [6, 6.07) is 1.82. The Labute approximate surface area is 101 Å². The van der Waals surface area contributed by atoms with Crippen molar-refractivity contribution in [3.63, 3.8) is 0 Å². The third-order valence-electron chi connectivity index (χ3n) is 2.23. The van der Waals surface area contributed by atoms with Crippen molar-refractivity contribution < 1.29 is 14.7 Å².